The quantitative estimate of drug-likeness (QED) is 0.502. The van der Waals surface area contributed by atoms with Crippen LogP contribution >= 0.6 is 11.3 Å². The van der Waals surface area contributed by atoms with Gasteiger partial charge in [-0.2, -0.15) is 13.2 Å². The third kappa shape index (κ3) is 5.99. The molecule has 2 aromatic carbocycles. The zero-order chi connectivity index (χ0) is 25.1. The van der Waals surface area contributed by atoms with Crippen LogP contribution in [0.1, 0.15) is 5.01 Å². The van der Waals surface area contributed by atoms with E-state index in [-0.39, 0.29) is 22.9 Å². The topological polar surface area (TPSA) is 96.8 Å². The van der Waals surface area contributed by atoms with E-state index in [1.54, 1.807) is 22.5 Å². The van der Waals surface area contributed by atoms with Gasteiger partial charge >= 0.3 is 12.1 Å². The fraction of sp³-hybridized carbons (Fsp3) is 0.200. The van der Waals surface area contributed by atoms with Crippen molar-refractivity contribution in [2.24, 2.45) is 0 Å². The van der Waals surface area contributed by atoms with E-state index in [0.29, 0.717) is 23.0 Å². The Labute approximate surface area is 194 Å². The van der Waals surface area contributed by atoms with E-state index in [0.717, 1.165) is 6.07 Å². The number of anilines is 2. The number of carboxylic acids is 1. The van der Waals surface area contributed by atoms with Crippen molar-refractivity contribution in [3.8, 4) is 5.75 Å². The van der Waals surface area contributed by atoms with Crippen molar-refractivity contribution in [2.75, 3.05) is 18.1 Å². The van der Waals surface area contributed by atoms with Crippen LogP contribution in [0.4, 0.5) is 33.3 Å². The summed E-state index contributed by atoms with van der Waals surface area (Å²) in [7, 11) is -3.59. The molecule has 1 N–H and O–H groups in total. The fourth-order valence-electron chi connectivity index (χ4n) is 2.91. The molecule has 3 aromatic rings. The lowest BCUT2D eigenvalue weighted by Crippen LogP contribution is -2.29. The van der Waals surface area contributed by atoms with Crippen molar-refractivity contribution >= 4 is 38.5 Å². The third-order valence-corrected chi connectivity index (χ3v) is 6.98. The highest BCUT2D eigenvalue weighted by Crippen LogP contribution is 2.39. The van der Waals surface area contributed by atoms with Crippen LogP contribution in [0.15, 0.2) is 52.9 Å². The number of aliphatic carboxylic acids is 1. The van der Waals surface area contributed by atoms with Gasteiger partial charge in [-0.3, -0.25) is 0 Å². The second kappa shape index (κ2) is 9.93. The normalized spacial score (nSPS) is 13.4. The fourth-order valence-corrected chi connectivity index (χ4v) is 5.18. The number of rotatable bonds is 4. The molecule has 0 fully saturated rings. The lowest BCUT2D eigenvalue weighted by atomic mass is 10.2. The Morgan fingerprint density at radius 1 is 1.15 bits per heavy atom. The average molecular weight is 522 g/mol. The van der Waals surface area contributed by atoms with Gasteiger partial charge in [0, 0.05) is 23.7 Å². The second-order valence-electron chi connectivity index (χ2n) is 6.71. The Balaban J connectivity index is 0.000000406. The Morgan fingerprint density at radius 3 is 2.41 bits per heavy atom. The lowest BCUT2D eigenvalue weighted by molar-refractivity contribution is -0.192. The number of halogens is 5. The number of benzene rings is 2. The Morgan fingerprint density at radius 2 is 1.82 bits per heavy atom. The number of thiazole rings is 1. The Hall–Kier alpha value is -3.26. The molecule has 0 amide bonds. The number of sulfone groups is 1. The first-order chi connectivity index (χ1) is 15.9. The summed E-state index contributed by atoms with van der Waals surface area (Å²) >= 11 is 1.27. The van der Waals surface area contributed by atoms with E-state index >= 15 is 0 Å². The highest BCUT2D eigenvalue weighted by molar-refractivity contribution is 7.90. The van der Waals surface area contributed by atoms with Gasteiger partial charge in [0.2, 0.25) is 0 Å². The van der Waals surface area contributed by atoms with Crippen molar-refractivity contribution < 1.29 is 45.0 Å². The molecule has 0 atom stereocenters. The molecule has 0 spiro atoms. The standard InChI is InChI=1S/C18H14F2N2O3S2.C2HF3O2/c19-12-1-3-15(14(20)9-12)22-6-7-25-17-10-13(2-4-16(17)22)27(23,24)11-18-21-5-8-26-18;3-2(4,5)1(6)7/h1-5,8-10H,6-7,11H2;(H,6,7). The maximum Gasteiger partial charge on any atom is 0.490 e. The second-order valence-corrected chi connectivity index (χ2v) is 9.68. The molecule has 1 aliphatic rings. The Bertz CT molecular complexity index is 1280. The van der Waals surface area contributed by atoms with Crippen LogP contribution in [0.3, 0.4) is 0 Å². The summed E-state index contributed by atoms with van der Waals surface area (Å²) in [6.07, 6.45) is -3.53. The zero-order valence-electron chi connectivity index (χ0n) is 16.9. The van der Waals surface area contributed by atoms with E-state index in [9.17, 15) is 30.4 Å². The molecule has 0 saturated carbocycles. The molecule has 4 rings (SSSR count). The lowest BCUT2D eigenvalue weighted by Gasteiger charge is -2.31. The van der Waals surface area contributed by atoms with Crippen LogP contribution in [0.25, 0.3) is 0 Å². The third-order valence-electron chi connectivity index (χ3n) is 4.39. The van der Waals surface area contributed by atoms with E-state index in [2.05, 4.69) is 4.98 Å². The molecule has 0 unspecified atom stereocenters. The minimum atomic E-state index is -5.08. The number of nitrogens with zero attached hydrogens (tertiary/aromatic N) is 2. The van der Waals surface area contributed by atoms with E-state index < -0.39 is 33.6 Å². The van der Waals surface area contributed by atoms with Crippen molar-refractivity contribution in [3.63, 3.8) is 0 Å². The first-order valence-corrected chi connectivity index (χ1v) is 11.8. The number of fused-ring (bicyclic) bond motifs is 1. The minimum Gasteiger partial charge on any atom is -0.489 e. The van der Waals surface area contributed by atoms with Crippen LogP contribution in [0.5, 0.6) is 5.75 Å². The maximum absolute atomic E-state index is 14.2. The van der Waals surface area contributed by atoms with Crippen LogP contribution < -0.4 is 9.64 Å². The molecular weight excluding hydrogens is 507 g/mol. The minimum absolute atomic E-state index is 0.109. The first kappa shape index (κ1) is 25.4. The zero-order valence-corrected chi connectivity index (χ0v) is 18.6. The number of hydrogen-bond acceptors (Lipinski definition) is 7. The highest BCUT2D eigenvalue weighted by Gasteiger charge is 2.38. The molecule has 0 saturated heterocycles. The molecule has 182 valence electrons. The number of alkyl halides is 3. The first-order valence-electron chi connectivity index (χ1n) is 9.29. The molecule has 14 heteroatoms. The molecule has 7 nitrogen and oxygen atoms in total. The van der Waals surface area contributed by atoms with Gasteiger partial charge in [0.25, 0.3) is 0 Å². The van der Waals surface area contributed by atoms with Crippen molar-refractivity contribution in [1.29, 1.82) is 0 Å². The molecule has 34 heavy (non-hydrogen) atoms. The van der Waals surface area contributed by atoms with Crippen LogP contribution in [-0.4, -0.2) is 43.8 Å². The van der Waals surface area contributed by atoms with Crippen LogP contribution in [0, 0.1) is 11.6 Å². The number of hydrogen-bond donors (Lipinski definition) is 1. The van der Waals surface area contributed by atoms with Gasteiger partial charge in [0.1, 0.15) is 34.8 Å². The highest BCUT2D eigenvalue weighted by atomic mass is 32.2. The van der Waals surface area contributed by atoms with Gasteiger partial charge in [-0.25, -0.2) is 27.0 Å². The van der Waals surface area contributed by atoms with Gasteiger partial charge in [0.15, 0.2) is 9.84 Å². The molecule has 2 heterocycles. The number of carbonyl (C=O) groups is 1. The number of carboxylic acid groups (broad SMARTS) is 1. The molecule has 0 radical (unpaired) electrons. The van der Waals surface area contributed by atoms with Crippen molar-refractivity contribution in [2.45, 2.75) is 16.8 Å². The van der Waals surface area contributed by atoms with Crippen LogP contribution in [-0.2, 0) is 20.4 Å². The van der Waals surface area contributed by atoms with Gasteiger partial charge in [0.05, 0.1) is 22.8 Å². The van der Waals surface area contributed by atoms with Crippen molar-refractivity contribution in [1.82, 2.24) is 4.98 Å². The molecular formula is C20H15F5N2O5S2. The Kier molecular flexibility index (Phi) is 7.41. The van der Waals surface area contributed by atoms with Gasteiger partial charge in [-0.05, 0) is 24.3 Å². The summed E-state index contributed by atoms with van der Waals surface area (Å²) in [5.74, 6) is -3.96. The SMILES string of the molecule is O=C(O)C(F)(F)F.O=S(=O)(Cc1nccs1)c1ccc2c(c1)OCCN2c1ccc(F)cc1F. The molecule has 1 aliphatic heterocycles. The number of aromatic nitrogens is 1. The predicted molar refractivity (Wildman–Crippen MR) is 112 cm³/mol. The van der Waals surface area contributed by atoms with Crippen LogP contribution in [0.2, 0.25) is 0 Å². The molecule has 0 aliphatic carbocycles. The van der Waals surface area contributed by atoms with Crippen molar-refractivity contribution in [3.05, 3.63) is 64.6 Å². The smallest absolute Gasteiger partial charge is 0.489 e. The van der Waals surface area contributed by atoms with E-state index in [1.807, 2.05) is 0 Å². The van der Waals surface area contributed by atoms with Gasteiger partial charge < -0.3 is 14.7 Å². The summed E-state index contributed by atoms with van der Waals surface area (Å²) in [6.45, 7) is 0.612. The summed E-state index contributed by atoms with van der Waals surface area (Å²) < 4.78 is 90.0. The number of ether oxygens (including phenoxy) is 1. The molecule has 1 aromatic heterocycles. The predicted octanol–water partition coefficient (Wildman–Crippen LogP) is 4.56. The molecule has 0 bridgehead atoms. The maximum atomic E-state index is 14.2. The monoisotopic (exact) mass is 522 g/mol. The van der Waals surface area contributed by atoms with Gasteiger partial charge in [-0.15, -0.1) is 11.3 Å². The van der Waals surface area contributed by atoms with E-state index in [1.165, 1.54) is 35.6 Å². The summed E-state index contributed by atoms with van der Waals surface area (Å²) in [6, 6.07) is 7.83. The van der Waals surface area contributed by atoms with E-state index in [4.69, 9.17) is 14.6 Å². The summed E-state index contributed by atoms with van der Waals surface area (Å²) in [4.78, 5) is 14.7. The summed E-state index contributed by atoms with van der Waals surface area (Å²) in [5.41, 5.74) is 0.735. The average Bonchev–Trinajstić information content (AvgIpc) is 3.25. The summed E-state index contributed by atoms with van der Waals surface area (Å²) in [5, 5.41) is 9.35. The largest absolute Gasteiger partial charge is 0.490 e. The van der Waals surface area contributed by atoms with Gasteiger partial charge in [-0.1, -0.05) is 0 Å².